The van der Waals surface area contributed by atoms with Crippen LogP contribution in [0, 0.1) is 0 Å². The summed E-state index contributed by atoms with van der Waals surface area (Å²) < 4.78 is 0. The lowest BCUT2D eigenvalue weighted by atomic mass is 9.85. The Kier molecular flexibility index (Phi) is 7.38. The number of halogens is 2. The molecule has 2 heterocycles. The summed E-state index contributed by atoms with van der Waals surface area (Å²) in [6.07, 6.45) is 7.31. The van der Waals surface area contributed by atoms with E-state index in [1.807, 2.05) is 0 Å². The van der Waals surface area contributed by atoms with E-state index in [2.05, 4.69) is 69.4 Å². The maximum Gasteiger partial charge on any atom is 0.168 e. The summed E-state index contributed by atoms with van der Waals surface area (Å²) in [5.74, 6) is 0.383. The molecular weight excluding hydrogens is 432 g/mol. The van der Waals surface area contributed by atoms with Gasteiger partial charge in [0.05, 0.1) is 12.1 Å². The first-order chi connectivity index (χ1) is 11.2. The minimum Gasteiger partial charge on any atom is -0.296 e. The Morgan fingerprint density at radius 2 is 1.21 bits per heavy atom. The third-order valence-corrected chi connectivity index (χ3v) is 7.36. The number of rotatable bonds is 6. The molecule has 0 aliphatic carbocycles. The lowest BCUT2D eigenvalue weighted by Crippen LogP contribution is -2.63. The first-order valence-electron chi connectivity index (χ1n) is 9.44. The van der Waals surface area contributed by atoms with Gasteiger partial charge in [0.25, 0.3) is 0 Å². The standard InChI is InChI=1S/C19H34Br2N2O/c1-18(2)9-5-7-11-22(18)15(13-20)17(24)16(14-21)23-12-8-6-10-19(23,3)4/h15-16H,5-14H2,1-4H3. The fraction of sp³-hybridized carbons (Fsp3) is 0.947. The van der Waals surface area contributed by atoms with Crippen LogP contribution in [-0.2, 0) is 4.79 Å². The third kappa shape index (κ3) is 4.44. The Hall–Kier alpha value is 0.550. The van der Waals surface area contributed by atoms with Gasteiger partial charge in [0, 0.05) is 21.7 Å². The predicted octanol–water partition coefficient (Wildman–Crippen LogP) is 4.61. The Morgan fingerprint density at radius 1 is 0.833 bits per heavy atom. The molecular formula is C19H34Br2N2O. The second kappa shape index (κ2) is 8.49. The van der Waals surface area contributed by atoms with Gasteiger partial charge in [-0.15, -0.1) is 0 Å². The third-order valence-electron chi connectivity index (χ3n) is 6.13. The number of piperidine rings is 2. The van der Waals surface area contributed by atoms with Crippen LogP contribution in [0.1, 0.15) is 66.2 Å². The van der Waals surface area contributed by atoms with Crippen LogP contribution in [0.5, 0.6) is 0 Å². The predicted molar refractivity (Wildman–Crippen MR) is 109 cm³/mol. The topological polar surface area (TPSA) is 23.6 Å². The summed E-state index contributed by atoms with van der Waals surface area (Å²) >= 11 is 7.31. The molecule has 0 amide bonds. The summed E-state index contributed by atoms with van der Waals surface area (Å²) in [6.45, 7) is 11.2. The van der Waals surface area contributed by atoms with Gasteiger partial charge in [-0.3, -0.25) is 14.6 Å². The first kappa shape index (κ1) is 20.9. The average Bonchev–Trinajstić information content (AvgIpc) is 2.51. The molecule has 0 N–H and O–H groups in total. The molecule has 0 radical (unpaired) electrons. The summed E-state index contributed by atoms with van der Waals surface area (Å²) in [5.41, 5.74) is 0.223. The highest BCUT2D eigenvalue weighted by Gasteiger charge is 2.43. The second-order valence-electron chi connectivity index (χ2n) is 8.67. The van der Waals surface area contributed by atoms with Crippen molar-refractivity contribution in [3.63, 3.8) is 0 Å². The zero-order valence-electron chi connectivity index (χ0n) is 15.8. The number of hydrogen-bond acceptors (Lipinski definition) is 3. The van der Waals surface area contributed by atoms with Crippen molar-refractivity contribution < 1.29 is 4.79 Å². The maximum atomic E-state index is 13.5. The molecule has 0 bridgehead atoms. The molecule has 5 heteroatoms. The van der Waals surface area contributed by atoms with Crippen molar-refractivity contribution >= 4 is 37.6 Å². The lowest BCUT2D eigenvalue weighted by molar-refractivity contribution is -0.134. The van der Waals surface area contributed by atoms with E-state index in [0.29, 0.717) is 5.78 Å². The minimum atomic E-state index is -0.0272. The molecule has 2 fully saturated rings. The van der Waals surface area contributed by atoms with Crippen molar-refractivity contribution in [3.8, 4) is 0 Å². The van der Waals surface area contributed by atoms with Gasteiger partial charge < -0.3 is 0 Å². The second-order valence-corrected chi connectivity index (χ2v) is 9.96. The van der Waals surface area contributed by atoms with Crippen LogP contribution in [-0.4, -0.2) is 62.5 Å². The number of carbonyl (C=O) groups excluding carboxylic acids is 1. The highest BCUT2D eigenvalue weighted by molar-refractivity contribution is 9.09. The molecule has 0 aromatic carbocycles. The van der Waals surface area contributed by atoms with Crippen LogP contribution in [0.2, 0.25) is 0 Å². The normalized spacial score (nSPS) is 27.6. The molecule has 0 saturated carbocycles. The fourth-order valence-corrected chi connectivity index (χ4v) is 5.91. The van der Waals surface area contributed by atoms with Gasteiger partial charge in [0.15, 0.2) is 5.78 Å². The van der Waals surface area contributed by atoms with E-state index < -0.39 is 0 Å². The van der Waals surface area contributed by atoms with Crippen molar-refractivity contribution in [2.75, 3.05) is 23.7 Å². The Labute approximate surface area is 165 Å². The van der Waals surface area contributed by atoms with Crippen LogP contribution < -0.4 is 0 Å². The highest BCUT2D eigenvalue weighted by atomic mass is 79.9. The van der Waals surface area contributed by atoms with Crippen molar-refractivity contribution in [1.82, 2.24) is 9.80 Å². The van der Waals surface area contributed by atoms with Gasteiger partial charge >= 0.3 is 0 Å². The summed E-state index contributed by atoms with van der Waals surface area (Å²) in [5, 5.41) is 1.46. The number of hydrogen-bond donors (Lipinski definition) is 0. The fourth-order valence-electron chi connectivity index (χ4n) is 4.58. The number of alkyl halides is 2. The van der Waals surface area contributed by atoms with E-state index in [1.165, 1.54) is 38.5 Å². The maximum absolute atomic E-state index is 13.5. The smallest absolute Gasteiger partial charge is 0.168 e. The van der Waals surface area contributed by atoms with Gasteiger partial charge in [-0.2, -0.15) is 0 Å². The van der Waals surface area contributed by atoms with Gasteiger partial charge in [0.1, 0.15) is 0 Å². The van der Waals surface area contributed by atoms with E-state index in [0.717, 1.165) is 23.7 Å². The quantitative estimate of drug-likeness (QED) is 0.535. The molecule has 2 unspecified atom stereocenters. The van der Waals surface area contributed by atoms with E-state index in [1.54, 1.807) is 0 Å². The number of likely N-dealkylation sites (tertiary alicyclic amines) is 2. The number of ketones is 1. The van der Waals surface area contributed by atoms with E-state index in [9.17, 15) is 4.79 Å². The average molecular weight is 466 g/mol. The molecule has 2 aliphatic heterocycles. The van der Waals surface area contributed by atoms with Gasteiger partial charge in [0.2, 0.25) is 0 Å². The zero-order valence-corrected chi connectivity index (χ0v) is 19.0. The SMILES string of the molecule is CC1(C)CCCCN1C(CBr)C(=O)C(CBr)N1CCCCC1(C)C. The van der Waals surface area contributed by atoms with Crippen LogP contribution in [0.3, 0.4) is 0 Å². The molecule has 2 saturated heterocycles. The number of Topliss-reactive ketones (excluding diaryl/α,β-unsaturated/α-hetero) is 1. The van der Waals surface area contributed by atoms with Crippen molar-refractivity contribution in [3.05, 3.63) is 0 Å². The number of nitrogens with zero attached hydrogens (tertiary/aromatic N) is 2. The van der Waals surface area contributed by atoms with Crippen LogP contribution in [0.15, 0.2) is 0 Å². The zero-order chi connectivity index (χ0) is 18.0. The molecule has 24 heavy (non-hydrogen) atoms. The number of carbonyl (C=O) groups is 1. The van der Waals surface area contributed by atoms with Crippen LogP contribution >= 0.6 is 31.9 Å². The first-order valence-corrected chi connectivity index (χ1v) is 11.7. The van der Waals surface area contributed by atoms with Crippen LogP contribution in [0.25, 0.3) is 0 Å². The van der Waals surface area contributed by atoms with E-state index in [4.69, 9.17) is 0 Å². The largest absolute Gasteiger partial charge is 0.296 e. The van der Waals surface area contributed by atoms with E-state index in [-0.39, 0.29) is 23.2 Å². The molecule has 3 nitrogen and oxygen atoms in total. The molecule has 2 rings (SSSR count). The molecule has 140 valence electrons. The monoisotopic (exact) mass is 464 g/mol. The van der Waals surface area contributed by atoms with Crippen molar-refractivity contribution in [1.29, 1.82) is 0 Å². The van der Waals surface area contributed by atoms with Gasteiger partial charge in [-0.05, 0) is 66.5 Å². The molecule has 2 aliphatic rings. The van der Waals surface area contributed by atoms with E-state index >= 15 is 0 Å². The van der Waals surface area contributed by atoms with Crippen molar-refractivity contribution in [2.24, 2.45) is 0 Å². The Balaban J connectivity index is 2.21. The minimum absolute atomic E-state index is 0.0272. The molecule has 0 aromatic heterocycles. The Morgan fingerprint density at radius 3 is 1.50 bits per heavy atom. The summed E-state index contributed by atoms with van der Waals surface area (Å²) in [7, 11) is 0. The summed E-state index contributed by atoms with van der Waals surface area (Å²) in [6, 6.07) is -0.0545. The van der Waals surface area contributed by atoms with Gasteiger partial charge in [-0.25, -0.2) is 0 Å². The molecule has 0 aromatic rings. The van der Waals surface area contributed by atoms with Gasteiger partial charge in [-0.1, -0.05) is 44.7 Å². The van der Waals surface area contributed by atoms with Crippen molar-refractivity contribution in [2.45, 2.75) is 89.4 Å². The highest BCUT2D eigenvalue weighted by Crippen LogP contribution is 2.34. The lowest BCUT2D eigenvalue weighted by Gasteiger charge is -2.50. The molecule has 0 spiro atoms. The van der Waals surface area contributed by atoms with Crippen LogP contribution in [0.4, 0.5) is 0 Å². The Bertz CT molecular complexity index is 401. The summed E-state index contributed by atoms with van der Waals surface area (Å²) in [4.78, 5) is 18.5. The molecule has 2 atom stereocenters.